The average molecular weight is 337 g/mol. The predicted octanol–water partition coefficient (Wildman–Crippen LogP) is 1.99. The molecule has 0 saturated carbocycles. The topological polar surface area (TPSA) is 64.0 Å². The summed E-state index contributed by atoms with van der Waals surface area (Å²) in [6, 6.07) is -0.627. The Morgan fingerprint density at radius 1 is 1.56 bits per heavy atom. The van der Waals surface area contributed by atoms with Gasteiger partial charge in [0.15, 0.2) is 5.15 Å². The quantitative estimate of drug-likeness (QED) is 0.855. The van der Waals surface area contributed by atoms with Gasteiger partial charge in [0, 0.05) is 6.54 Å². The Hall–Kier alpha value is -0.880. The minimum Gasteiger partial charge on any atom is -0.354 e. The minimum atomic E-state index is -0.627. The number of amides is 1. The largest absolute Gasteiger partial charge is 0.354 e. The molecule has 1 unspecified atom stereocenters. The van der Waals surface area contributed by atoms with Crippen LogP contribution in [0.3, 0.4) is 0 Å². The van der Waals surface area contributed by atoms with Crippen LogP contribution in [0.1, 0.15) is 26.8 Å². The molecule has 1 N–H and O–H groups in total. The summed E-state index contributed by atoms with van der Waals surface area (Å²) in [6.45, 7) is 6.20. The molecular weight excluding hydrogens is 321 g/mol. The second-order valence-electron chi connectivity index (χ2n) is 4.38. The van der Waals surface area contributed by atoms with Crippen molar-refractivity contribution in [2.75, 3.05) is 6.54 Å². The fourth-order valence-electron chi connectivity index (χ4n) is 1.28. The van der Waals surface area contributed by atoms with Crippen LogP contribution in [-0.4, -0.2) is 22.0 Å². The number of nitrogens with one attached hydrogen (secondary N) is 1. The van der Waals surface area contributed by atoms with Gasteiger partial charge in [-0.25, -0.2) is 4.98 Å². The molecule has 0 fully saturated rings. The van der Waals surface area contributed by atoms with Gasteiger partial charge in [0.1, 0.15) is 10.5 Å². The molecule has 1 heterocycles. The first-order valence-electron chi connectivity index (χ1n) is 5.54. The Morgan fingerprint density at radius 2 is 2.17 bits per heavy atom. The number of rotatable bonds is 4. The monoisotopic (exact) mass is 335 g/mol. The van der Waals surface area contributed by atoms with E-state index in [9.17, 15) is 9.59 Å². The lowest BCUT2D eigenvalue weighted by Gasteiger charge is -2.16. The van der Waals surface area contributed by atoms with E-state index < -0.39 is 6.04 Å². The maximum Gasteiger partial charge on any atom is 0.269 e. The summed E-state index contributed by atoms with van der Waals surface area (Å²) in [5.41, 5.74) is -0.373. The highest BCUT2D eigenvalue weighted by atomic mass is 79.9. The van der Waals surface area contributed by atoms with Crippen molar-refractivity contribution in [3.05, 3.63) is 26.3 Å². The van der Waals surface area contributed by atoms with Crippen molar-refractivity contribution < 1.29 is 4.79 Å². The first kappa shape index (κ1) is 15.2. The highest BCUT2D eigenvalue weighted by molar-refractivity contribution is 9.10. The lowest BCUT2D eigenvalue weighted by atomic mass is 10.2. The summed E-state index contributed by atoms with van der Waals surface area (Å²) >= 11 is 8.75. The van der Waals surface area contributed by atoms with Crippen LogP contribution in [0.2, 0.25) is 5.15 Å². The zero-order valence-electron chi connectivity index (χ0n) is 10.4. The van der Waals surface area contributed by atoms with Crippen molar-refractivity contribution in [2.24, 2.45) is 5.92 Å². The van der Waals surface area contributed by atoms with Crippen molar-refractivity contribution in [2.45, 2.75) is 26.8 Å². The number of hydrogen-bond acceptors (Lipinski definition) is 3. The Bertz CT molecular complexity index is 502. The standard InChI is InChI=1S/C11H15BrClN3O2/c1-6(2)4-14-10(17)7(3)16-5-15-9(13)8(12)11(16)18/h5-7H,4H2,1-3H3,(H,14,17). The molecule has 5 nitrogen and oxygen atoms in total. The molecule has 7 heteroatoms. The summed E-state index contributed by atoms with van der Waals surface area (Å²) in [7, 11) is 0. The summed E-state index contributed by atoms with van der Waals surface area (Å²) in [4.78, 5) is 27.6. The van der Waals surface area contributed by atoms with Crippen molar-refractivity contribution in [3.63, 3.8) is 0 Å². The molecule has 1 amide bonds. The number of aromatic nitrogens is 2. The van der Waals surface area contributed by atoms with Gasteiger partial charge < -0.3 is 5.32 Å². The van der Waals surface area contributed by atoms with E-state index in [4.69, 9.17) is 11.6 Å². The maximum absolute atomic E-state index is 11.9. The van der Waals surface area contributed by atoms with Crippen molar-refractivity contribution in [3.8, 4) is 0 Å². The molecule has 1 rings (SSSR count). The summed E-state index contributed by atoms with van der Waals surface area (Å²) in [5, 5.41) is 2.86. The molecule has 1 aromatic rings. The predicted molar refractivity (Wildman–Crippen MR) is 73.8 cm³/mol. The third kappa shape index (κ3) is 3.55. The first-order valence-corrected chi connectivity index (χ1v) is 6.71. The van der Waals surface area contributed by atoms with Gasteiger partial charge in [0.2, 0.25) is 5.91 Å². The molecule has 0 radical (unpaired) electrons. The van der Waals surface area contributed by atoms with Gasteiger partial charge in [-0.2, -0.15) is 0 Å². The molecule has 0 spiro atoms. The Labute approximate surface area is 119 Å². The maximum atomic E-state index is 11.9. The van der Waals surface area contributed by atoms with Crippen LogP contribution < -0.4 is 10.9 Å². The van der Waals surface area contributed by atoms with Gasteiger partial charge in [0.05, 0.1) is 6.33 Å². The molecule has 0 aliphatic carbocycles. The van der Waals surface area contributed by atoms with Crippen LogP contribution in [0.15, 0.2) is 15.6 Å². The number of nitrogens with zero attached hydrogens (tertiary/aromatic N) is 2. The van der Waals surface area contributed by atoms with Crippen LogP contribution in [0, 0.1) is 5.92 Å². The molecule has 0 saturated heterocycles. The fraction of sp³-hybridized carbons (Fsp3) is 0.545. The third-order valence-corrected chi connectivity index (χ3v) is 3.61. The lowest BCUT2D eigenvalue weighted by Crippen LogP contribution is -2.37. The van der Waals surface area contributed by atoms with Gasteiger partial charge in [-0.05, 0) is 28.8 Å². The minimum absolute atomic E-state index is 0.0889. The van der Waals surface area contributed by atoms with E-state index in [1.54, 1.807) is 6.92 Å². The Balaban J connectivity index is 2.91. The average Bonchev–Trinajstić information content (AvgIpc) is 2.32. The molecule has 1 atom stereocenters. The Morgan fingerprint density at radius 3 is 2.72 bits per heavy atom. The van der Waals surface area contributed by atoms with Gasteiger partial charge >= 0.3 is 0 Å². The van der Waals surface area contributed by atoms with Crippen LogP contribution in [0.4, 0.5) is 0 Å². The van der Waals surface area contributed by atoms with Crippen LogP contribution in [0.25, 0.3) is 0 Å². The number of carbonyl (C=O) groups is 1. The number of carbonyl (C=O) groups excluding carboxylic acids is 1. The van der Waals surface area contributed by atoms with E-state index in [0.29, 0.717) is 12.5 Å². The summed E-state index contributed by atoms with van der Waals surface area (Å²) < 4.78 is 1.40. The molecule has 1 aromatic heterocycles. The van der Waals surface area contributed by atoms with Crippen molar-refractivity contribution in [1.82, 2.24) is 14.9 Å². The van der Waals surface area contributed by atoms with Gasteiger partial charge in [-0.15, -0.1) is 0 Å². The van der Waals surface area contributed by atoms with E-state index in [2.05, 4.69) is 26.2 Å². The van der Waals surface area contributed by atoms with E-state index in [1.165, 1.54) is 10.9 Å². The SMILES string of the molecule is CC(C)CNC(=O)C(C)n1cnc(Cl)c(Br)c1=O. The number of hydrogen-bond donors (Lipinski definition) is 1. The zero-order valence-corrected chi connectivity index (χ0v) is 12.7. The lowest BCUT2D eigenvalue weighted by molar-refractivity contribution is -0.124. The fourth-order valence-corrected chi connectivity index (χ4v) is 1.71. The number of halogens is 2. The van der Waals surface area contributed by atoms with Gasteiger partial charge in [-0.3, -0.25) is 14.2 Å². The molecule has 0 aromatic carbocycles. The van der Waals surface area contributed by atoms with Crippen LogP contribution in [-0.2, 0) is 4.79 Å². The third-order valence-electron chi connectivity index (χ3n) is 2.38. The van der Waals surface area contributed by atoms with Gasteiger partial charge in [0.25, 0.3) is 5.56 Å². The second-order valence-corrected chi connectivity index (χ2v) is 5.53. The molecule has 0 aliphatic rings. The van der Waals surface area contributed by atoms with Gasteiger partial charge in [-0.1, -0.05) is 25.4 Å². The summed E-state index contributed by atoms with van der Waals surface area (Å²) in [6.07, 6.45) is 1.27. The van der Waals surface area contributed by atoms with E-state index in [0.717, 1.165) is 0 Å². The van der Waals surface area contributed by atoms with Crippen LogP contribution in [0.5, 0.6) is 0 Å². The molecular formula is C11H15BrClN3O2. The second kappa shape index (κ2) is 6.33. The van der Waals surface area contributed by atoms with E-state index in [1.807, 2.05) is 13.8 Å². The summed E-state index contributed by atoms with van der Waals surface area (Å²) in [5.74, 6) is 0.134. The Kier molecular flexibility index (Phi) is 5.34. The molecule has 0 bridgehead atoms. The zero-order chi connectivity index (χ0) is 13.9. The van der Waals surface area contributed by atoms with E-state index in [-0.39, 0.29) is 21.1 Å². The highest BCUT2D eigenvalue weighted by Gasteiger charge is 2.18. The first-order chi connectivity index (χ1) is 8.34. The van der Waals surface area contributed by atoms with E-state index >= 15 is 0 Å². The van der Waals surface area contributed by atoms with Crippen molar-refractivity contribution in [1.29, 1.82) is 0 Å². The molecule has 18 heavy (non-hydrogen) atoms. The van der Waals surface area contributed by atoms with Crippen molar-refractivity contribution >= 4 is 33.4 Å². The van der Waals surface area contributed by atoms with Crippen LogP contribution >= 0.6 is 27.5 Å². The smallest absolute Gasteiger partial charge is 0.269 e. The molecule has 100 valence electrons. The highest BCUT2D eigenvalue weighted by Crippen LogP contribution is 2.15. The normalized spacial score (nSPS) is 12.6. The molecule has 0 aliphatic heterocycles.